The highest BCUT2D eigenvalue weighted by Gasteiger charge is 2.37. The Hall–Kier alpha value is -0.810. The quantitative estimate of drug-likeness (QED) is 0.792. The van der Waals surface area contributed by atoms with E-state index >= 15 is 0 Å². The number of hydrogen-bond acceptors (Lipinski definition) is 4. The monoisotopic (exact) mass is 270 g/mol. The van der Waals surface area contributed by atoms with Crippen LogP contribution >= 0.6 is 0 Å². The zero-order valence-corrected chi connectivity index (χ0v) is 12.0. The molecule has 2 fully saturated rings. The molecule has 0 bridgehead atoms. The molecular formula is C14H26N2O3. The van der Waals surface area contributed by atoms with Crippen molar-refractivity contribution in [3.63, 3.8) is 0 Å². The summed E-state index contributed by atoms with van der Waals surface area (Å²) in [6.45, 7) is 3.98. The van der Waals surface area contributed by atoms with Gasteiger partial charge in [-0.25, -0.2) is 4.79 Å². The molecule has 1 saturated carbocycles. The summed E-state index contributed by atoms with van der Waals surface area (Å²) in [7, 11) is 1.40. The highest BCUT2D eigenvalue weighted by atomic mass is 16.5. The highest BCUT2D eigenvalue weighted by Crippen LogP contribution is 2.32. The van der Waals surface area contributed by atoms with Crippen molar-refractivity contribution in [2.75, 3.05) is 20.2 Å². The fourth-order valence-corrected chi connectivity index (χ4v) is 3.03. The molecule has 2 rings (SSSR count). The van der Waals surface area contributed by atoms with Crippen LogP contribution in [0.3, 0.4) is 0 Å². The molecule has 1 heterocycles. The van der Waals surface area contributed by atoms with E-state index in [0.29, 0.717) is 12.0 Å². The number of nitrogens with one attached hydrogen (secondary N) is 1. The van der Waals surface area contributed by atoms with E-state index in [-0.39, 0.29) is 18.2 Å². The molecule has 0 aromatic carbocycles. The highest BCUT2D eigenvalue weighted by molar-refractivity contribution is 5.67. The first-order valence-electron chi connectivity index (χ1n) is 7.39. The van der Waals surface area contributed by atoms with Crippen molar-refractivity contribution >= 4 is 6.09 Å². The topological polar surface area (TPSA) is 61.8 Å². The molecule has 5 heteroatoms. The molecule has 110 valence electrons. The Kier molecular flexibility index (Phi) is 5.05. The number of nitrogens with zero attached hydrogens (tertiary/aromatic N) is 1. The Labute approximate surface area is 115 Å². The van der Waals surface area contributed by atoms with E-state index in [9.17, 15) is 9.90 Å². The minimum atomic E-state index is -0.350. The number of carbonyl (C=O) groups is 1. The maximum atomic E-state index is 11.4. The van der Waals surface area contributed by atoms with Gasteiger partial charge < -0.3 is 15.2 Å². The number of alkyl carbamates (subject to hydrolysis) is 1. The number of rotatable bonds is 5. The molecule has 0 aromatic heterocycles. The summed E-state index contributed by atoms with van der Waals surface area (Å²) in [5.74, 6) is 0.464. The molecule has 1 aliphatic carbocycles. The molecule has 3 unspecified atom stereocenters. The number of amides is 1. The van der Waals surface area contributed by atoms with Gasteiger partial charge in [-0.3, -0.25) is 4.90 Å². The van der Waals surface area contributed by atoms with Crippen molar-refractivity contribution < 1.29 is 14.6 Å². The van der Waals surface area contributed by atoms with Crippen LogP contribution in [0.25, 0.3) is 0 Å². The molecule has 5 nitrogen and oxygen atoms in total. The number of aliphatic hydroxyl groups is 1. The zero-order chi connectivity index (χ0) is 13.8. The van der Waals surface area contributed by atoms with E-state index in [1.54, 1.807) is 0 Å². The first kappa shape index (κ1) is 14.6. The van der Waals surface area contributed by atoms with Gasteiger partial charge in [0.2, 0.25) is 0 Å². The number of methoxy groups -OCH3 is 1. The lowest BCUT2D eigenvalue weighted by Gasteiger charge is -2.38. The second-order valence-electron chi connectivity index (χ2n) is 5.92. The Balaban J connectivity index is 1.90. The summed E-state index contributed by atoms with van der Waals surface area (Å²) < 4.78 is 4.68. The Morgan fingerprint density at radius 3 is 2.79 bits per heavy atom. The predicted octanol–water partition coefficient (Wildman–Crippen LogP) is 1.36. The van der Waals surface area contributed by atoms with Crippen LogP contribution in [0.15, 0.2) is 0 Å². The predicted molar refractivity (Wildman–Crippen MR) is 72.9 cm³/mol. The first-order valence-corrected chi connectivity index (χ1v) is 7.39. The van der Waals surface area contributed by atoms with Gasteiger partial charge in [-0.15, -0.1) is 0 Å². The molecule has 0 spiro atoms. The molecule has 1 amide bonds. The lowest BCUT2D eigenvalue weighted by molar-refractivity contribution is 0.0782. The van der Waals surface area contributed by atoms with Crippen LogP contribution in [-0.4, -0.2) is 54.5 Å². The van der Waals surface area contributed by atoms with Crippen LogP contribution in [-0.2, 0) is 4.74 Å². The van der Waals surface area contributed by atoms with Gasteiger partial charge >= 0.3 is 6.09 Å². The Morgan fingerprint density at radius 1 is 1.47 bits per heavy atom. The molecule has 1 saturated heterocycles. The van der Waals surface area contributed by atoms with Crippen LogP contribution in [0.2, 0.25) is 0 Å². The number of hydrogen-bond donors (Lipinski definition) is 2. The molecule has 2 aliphatic rings. The summed E-state index contributed by atoms with van der Waals surface area (Å²) in [5.41, 5.74) is 0. The molecule has 1 aliphatic heterocycles. The fraction of sp³-hybridized carbons (Fsp3) is 0.929. The average molecular weight is 270 g/mol. The standard InChI is InChI=1S/C14H26N2O3/c1-3-13(17)7-10-6-11(15-14(18)19-2)9-16(8-10)12-4-5-12/h10-13,17H,3-9H2,1-2H3,(H,15,18). The normalized spacial score (nSPS) is 29.8. The molecule has 0 radical (unpaired) electrons. The maximum Gasteiger partial charge on any atom is 0.407 e. The van der Waals surface area contributed by atoms with Crippen LogP contribution in [0.5, 0.6) is 0 Å². The van der Waals surface area contributed by atoms with Gasteiger partial charge in [-0.1, -0.05) is 6.92 Å². The number of piperidine rings is 1. The zero-order valence-electron chi connectivity index (χ0n) is 12.0. The van der Waals surface area contributed by atoms with Crippen LogP contribution < -0.4 is 5.32 Å². The third kappa shape index (κ3) is 4.35. The van der Waals surface area contributed by atoms with Crippen molar-refractivity contribution in [3.8, 4) is 0 Å². The van der Waals surface area contributed by atoms with Gasteiger partial charge in [0.25, 0.3) is 0 Å². The van der Waals surface area contributed by atoms with Crippen molar-refractivity contribution in [2.45, 2.75) is 57.2 Å². The van der Waals surface area contributed by atoms with E-state index in [1.165, 1.54) is 20.0 Å². The molecule has 2 N–H and O–H groups in total. The van der Waals surface area contributed by atoms with Crippen LogP contribution in [0, 0.1) is 5.92 Å². The lowest BCUT2D eigenvalue weighted by atomic mass is 9.89. The molecule has 3 atom stereocenters. The SMILES string of the molecule is CCC(O)CC1CC(NC(=O)OC)CN(C2CC2)C1. The van der Waals surface area contributed by atoms with Gasteiger partial charge in [0.15, 0.2) is 0 Å². The van der Waals surface area contributed by atoms with E-state index in [4.69, 9.17) is 0 Å². The summed E-state index contributed by atoms with van der Waals surface area (Å²) in [4.78, 5) is 13.8. The Morgan fingerprint density at radius 2 is 2.21 bits per heavy atom. The van der Waals surface area contributed by atoms with Crippen molar-refractivity contribution in [3.05, 3.63) is 0 Å². The van der Waals surface area contributed by atoms with E-state index in [2.05, 4.69) is 15.0 Å². The lowest BCUT2D eigenvalue weighted by Crippen LogP contribution is -2.51. The summed E-state index contributed by atoms with van der Waals surface area (Å²) in [6, 6.07) is 0.847. The van der Waals surface area contributed by atoms with Crippen molar-refractivity contribution in [2.24, 2.45) is 5.92 Å². The summed E-state index contributed by atoms with van der Waals surface area (Å²) in [6.07, 6.45) is 4.55. The van der Waals surface area contributed by atoms with Crippen LogP contribution in [0.4, 0.5) is 4.79 Å². The minimum absolute atomic E-state index is 0.149. The van der Waals surface area contributed by atoms with E-state index in [0.717, 1.165) is 32.4 Å². The number of carbonyl (C=O) groups excluding carboxylic acids is 1. The van der Waals surface area contributed by atoms with Gasteiger partial charge in [-0.2, -0.15) is 0 Å². The second kappa shape index (κ2) is 6.57. The third-order valence-electron chi connectivity index (χ3n) is 4.21. The number of aliphatic hydroxyl groups excluding tert-OH is 1. The molecular weight excluding hydrogens is 244 g/mol. The largest absolute Gasteiger partial charge is 0.453 e. The van der Waals surface area contributed by atoms with Gasteiger partial charge in [0, 0.05) is 25.2 Å². The molecule has 0 aromatic rings. The average Bonchev–Trinajstić information content (AvgIpc) is 3.22. The maximum absolute atomic E-state index is 11.4. The number of ether oxygens (including phenoxy) is 1. The minimum Gasteiger partial charge on any atom is -0.453 e. The van der Waals surface area contributed by atoms with Gasteiger partial charge in [0.1, 0.15) is 0 Å². The fourth-order valence-electron chi connectivity index (χ4n) is 3.03. The Bertz CT molecular complexity index is 307. The van der Waals surface area contributed by atoms with Gasteiger partial charge in [-0.05, 0) is 38.0 Å². The van der Waals surface area contributed by atoms with Crippen molar-refractivity contribution in [1.29, 1.82) is 0 Å². The first-order chi connectivity index (χ1) is 9.12. The van der Waals surface area contributed by atoms with Crippen LogP contribution in [0.1, 0.15) is 39.0 Å². The third-order valence-corrected chi connectivity index (χ3v) is 4.21. The van der Waals surface area contributed by atoms with Gasteiger partial charge in [0.05, 0.1) is 13.2 Å². The second-order valence-corrected chi connectivity index (χ2v) is 5.92. The summed E-state index contributed by atoms with van der Waals surface area (Å²) >= 11 is 0. The van der Waals surface area contributed by atoms with E-state index in [1.807, 2.05) is 6.92 Å². The number of likely N-dealkylation sites (tertiary alicyclic amines) is 1. The molecule has 19 heavy (non-hydrogen) atoms. The smallest absolute Gasteiger partial charge is 0.407 e. The summed E-state index contributed by atoms with van der Waals surface area (Å²) in [5, 5.41) is 12.8. The van der Waals surface area contributed by atoms with E-state index < -0.39 is 0 Å². The van der Waals surface area contributed by atoms with Crippen molar-refractivity contribution in [1.82, 2.24) is 10.2 Å².